The Bertz CT molecular complexity index is 696. The number of aryl methyl sites for hydroxylation is 1. The van der Waals surface area contributed by atoms with E-state index in [1.54, 1.807) is 6.33 Å². The molecule has 0 bridgehead atoms. The van der Waals surface area contributed by atoms with Crippen LogP contribution in [-0.4, -0.2) is 38.8 Å². The molecule has 2 aromatic rings. The topological polar surface area (TPSA) is 80.0 Å². The van der Waals surface area contributed by atoms with E-state index in [0.29, 0.717) is 6.54 Å². The van der Waals surface area contributed by atoms with Crippen molar-refractivity contribution in [3.05, 3.63) is 42.2 Å². The first-order valence-electron chi connectivity index (χ1n) is 10.1. The van der Waals surface area contributed by atoms with Crippen LogP contribution < -0.4 is 10.6 Å². The summed E-state index contributed by atoms with van der Waals surface area (Å²) in [5, 5.41) is 15.1. The van der Waals surface area contributed by atoms with E-state index in [-0.39, 0.29) is 24.0 Å². The molecule has 1 aliphatic rings. The summed E-state index contributed by atoms with van der Waals surface area (Å²) in [4.78, 5) is 9.09. The lowest BCUT2D eigenvalue weighted by molar-refractivity contribution is 0.355. The molecule has 2 N–H and O–H groups in total. The van der Waals surface area contributed by atoms with Crippen LogP contribution >= 0.6 is 24.0 Å². The first kappa shape index (κ1) is 22.6. The Morgan fingerprint density at radius 2 is 2.07 bits per heavy atom. The van der Waals surface area contributed by atoms with Crippen molar-refractivity contribution in [3.8, 4) is 0 Å². The minimum absolute atomic E-state index is 0. The summed E-state index contributed by atoms with van der Waals surface area (Å²) in [5.41, 5.74) is 0.975. The summed E-state index contributed by atoms with van der Waals surface area (Å²) in [6, 6.07) is 5.93. The molecule has 154 valence electrons. The molecule has 1 aliphatic carbocycles. The highest BCUT2D eigenvalue weighted by Crippen LogP contribution is 2.22. The number of pyridine rings is 1. The van der Waals surface area contributed by atoms with Crippen LogP contribution in [0.15, 0.2) is 35.7 Å². The van der Waals surface area contributed by atoms with Crippen LogP contribution in [0.2, 0.25) is 0 Å². The third-order valence-corrected chi connectivity index (χ3v) is 5.07. The minimum Gasteiger partial charge on any atom is -0.356 e. The van der Waals surface area contributed by atoms with Crippen molar-refractivity contribution >= 4 is 29.9 Å². The second-order valence-electron chi connectivity index (χ2n) is 7.09. The second kappa shape index (κ2) is 12.7. The van der Waals surface area contributed by atoms with Crippen molar-refractivity contribution in [1.82, 2.24) is 30.4 Å². The molecule has 7 nitrogen and oxygen atoms in total. The van der Waals surface area contributed by atoms with E-state index < -0.39 is 0 Å². The molecule has 8 heteroatoms. The smallest absolute Gasteiger partial charge is 0.191 e. The fourth-order valence-electron chi connectivity index (χ4n) is 3.49. The normalized spacial score (nSPS) is 15.1. The third-order valence-electron chi connectivity index (χ3n) is 5.07. The van der Waals surface area contributed by atoms with Crippen molar-refractivity contribution in [3.63, 3.8) is 0 Å². The van der Waals surface area contributed by atoms with Crippen LogP contribution in [0.1, 0.15) is 50.5 Å². The van der Waals surface area contributed by atoms with Gasteiger partial charge in [-0.1, -0.05) is 32.3 Å². The first-order chi connectivity index (χ1) is 13.3. The van der Waals surface area contributed by atoms with Gasteiger partial charge in [-0.25, -0.2) is 4.99 Å². The highest BCUT2D eigenvalue weighted by molar-refractivity contribution is 14.0. The maximum atomic E-state index is 4.73. The number of guanidine groups is 1. The zero-order chi connectivity index (χ0) is 18.7. The quantitative estimate of drug-likeness (QED) is 0.333. The van der Waals surface area contributed by atoms with Crippen LogP contribution in [0.3, 0.4) is 0 Å². The number of nitrogens with one attached hydrogen (secondary N) is 2. The third kappa shape index (κ3) is 7.37. The zero-order valence-electron chi connectivity index (χ0n) is 16.7. The monoisotopic (exact) mass is 497 g/mol. The number of hydrogen-bond acceptors (Lipinski definition) is 4. The molecule has 0 aliphatic heterocycles. The fraction of sp³-hybridized carbons (Fsp3) is 0.600. The minimum atomic E-state index is 0. The van der Waals surface area contributed by atoms with Gasteiger partial charge in [-0.3, -0.25) is 4.98 Å². The number of aromatic nitrogens is 4. The first-order valence-corrected chi connectivity index (χ1v) is 10.1. The van der Waals surface area contributed by atoms with Crippen LogP contribution in [0, 0.1) is 5.92 Å². The average Bonchev–Trinajstić information content (AvgIpc) is 3.18. The van der Waals surface area contributed by atoms with Gasteiger partial charge in [0.1, 0.15) is 12.2 Å². The molecule has 0 atom stereocenters. The predicted octanol–water partition coefficient (Wildman–Crippen LogP) is 3.17. The van der Waals surface area contributed by atoms with E-state index in [0.717, 1.165) is 49.5 Å². The Labute approximate surface area is 184 Å². The van der Waals surface area contributed by atoms with Gasteiger partial charge in [0, 0.05) is 32.3 Å². The standard InChI is InChI=1S/C20H31N7.HI/c1-2-19-26-25-16-27(19)13-12-22-20(23-14-17-8-4-3-5-9-17)24-15-18-10-6-7-11-21-18;/h6-7,10-11,16-17H,2-5,8-9,12-15H2,1H3,(H2,22,23,24);1H. The molecule has 1 saturated carbocycles. The van der Waals surface area contributed by atoms with Crippen molar-refractivity contribution in [1.29, 1.82) is 0 Å². The summed E-state index contributed by atoms with van der Waals surface area (Å²) in [7, 11) is 0. The molecule has 0 radical (unpaired) electrons. The predicted molar refractivity (Wildman–Crippen MR) is 123 cm³/mol. The molecule has 1 fully saturated rings. The highest BCUT2D eigenvalue weighted by atomic mass is 127. The molecule has 0 amide bonds. The van der Waals surface area contributed by atoms with E-state index in [9.17, 15) is 0 Å². The SMILES string of the molecule is CCc1nncn1CCNC(=NCc1ccccn1)NCC1CCCCC1.I. The van der Waals surface area contributed by atoms with Crippen LogP contribution in [0.25, 0.3) is 0 Å². The second-order valence-corrected chi connectivity index (χ2v) is 7.09. The van der Waals surface area contributed by atoms with Gasteiger partial charge in [-0.2, -0.15) is 0 Å². The molecule has 0 saturated heterocycles. The van der Waals surface area contributed by atoms with Crippen molar-refractivity contribution in [2.45, 2.75) is 58.5 Å². The molecular formula is C20H32IN7. The molecule has 2 aromatic heterocycles. The van der Waals surface area contributed by atoms with E-state index >= 15 is 0 Å². The number of halogens is 1. The van der Waals surface area contributed by atoms with Crippen LogP contribution in [-0.2, 0) is 19.5 Å². The van der Waals surface area contributed by atoms with Gasteiger partial charge in [0.15, 0.2) is 5.96 Å². The Morgan fingerprint density at radius 1 is 1.21 bits per heavy atom. The van der Waals surface area contributed by atoms with Crippen molar-refractivity contribution < 1.29 is 0 Å². The lowest BCUT2D eigenvalue weighted by atomic mass is 9.89. The maximum absolute atomic E-state index is 4.73. The largest absolute Gasteiger partial charge is 0.356 e. The van der Waals surface area contributed by atoms with Gasteiger partial charge in [-0.15, -0.1) is 34.2 Å². The Balaban J connectivity index is 0.00000280. The van der Waals surface area contributed by atoms with Gasteiger partial charge >= 0.3 is 0 Å². The molecule has 0 aromatic carbocycles. The van der Waals surface area contributed by atoms with Gasteiger partial charge in [0.05, 0.1) is 12.2 Å². The number of hydrogen-bond donors (Lipinski definition) is 2. The Hall–Kier alpha value is -1.71. The number of rotatable bonds is 8. The summed E-state index contributed by atoms with van der Waals surface area (Å²) in [5.74, 6) is 2.63. The summed E-state index contributed by atoms with van der Waals surface area (Å²) < 4.78 is 2.09. The molecule has 0 spiro atoms. The molecule has 28 heavy (non-hydrogen) atoms. The molecule has 0 unspecified atom stereocenters. The van der Waals surface area contributed by atoms with Gasteiger partial charge in [-0.05, 0) is 30.9 Å². The summed E-state index contributed by atoms with van der Waals surface area (Å²) >= 11 is 0. The van der Waals surface area contributed by atoms with Gasteiger partial charge in [0.2, 0.25) is 0 Å². The van der Waals surface area contributed by atoms with Crippen molar-refractivity contribution in [2.24, 2.45) is 10.9 Å². The zero-order valence-corrected chi connectivity index (χ0v) is 19.0. The van der Waals surface area contributed by atoms with Crippen LogP contribution in [0.4, 0.5) is 0 Å². The van der Waals surface area contributed by atoms with E-state index in [4.69, 9.17) is 4.99 Å². The Morgan fingerprint density at radius 3 is 2.82 bits per heavy atom. The lowest BCUT2D eigenvalue weighted by Crippen LogP contribution is -2.41. The lowest BCUT2D eigenvalue weighted by Gasteiger charge is -2.23. The fourth-order valence-corrected chi connectivity index (χ4v) is 3.49. The van der Waals surface area contributed by atoms with E-state index in [2.05, 4.69) is 37.3 Å². The summed E-state index contributed by atoms with van der Waals surface area (Å²) in [6.45, 7) is 5.27. The number of aliphatic imine (C=N–C) groups is 1. The molecular weight excluding hydrogens is 465 g/mol. The summed E-state index contributed by atoms with van der Waals surface area (Å²) in [6.07, 6.45) is 11.2. The Kier molecular flexibility index (Phi) is 10.2. The molecule has 2 heterocycles. The maximum Gasteiger partial charge on any atom is 0.191 e. The van der Waals surface area contributed by atoms with Gasteiger partial charge in [0.25, 0.3) is 0 Å². The van der Waals surface area contributed by atoms with E-state index in [1.807, 2.05) is 24.4 Å². The van der Waals surface area contributed by atoms with Crippen LogP contribution in [0.5, 0.6) is 0 Å². The average molecular weight is 497 g/mol. The number of nitrogens with zero attached hydrogens (tertiary/aromatic N) is 5. The van der Waals surface area contributed by atoms with Gasteiger partial charge < -0.3 is 15.2 Å². The van der Waals surface area contributed by atoms with Crippen molar-refractivity contribution in [2.75, 3.05) is 13.1 Å². The highest BCUT2D eigenvalue weighted by Gasteiger charge is 2.13. The van der Waals surface area contributed by atoms with E-state index in [1.165, 1.54) is 32.1 Å². The molecule has 3 rings (SSSR count).